The van der Waals surface area contributed by atoms with E-state index in [1.54, 1.807) is 0 Å². The molecule has 0 rings (SSSR count). The highest BCUT2D eigenvalue weighted by Gasteiger charge is 2.19. The van der Waals surface area contributed by atoms with Crippen molar-refractivity contribution in [3.63, 3.8) is 0 Å². The second kappa shape index (κ2) is 53.2. The Morgan fingerprint density at radius 2 is 0.515 bits per heavy atom. The van der Waals surface area contributed by atoms with Gasteiger partial charge in [-0.15, -0.1) is 0 Å². The smallest absolute Gasteiger partial charge is 0.306 e. The maximum absolute atomic E-state index is 12.9. The minimum absolute atomic E-state index is 0.0630. The number of rotatable bonds is 55. The predicted octanol–water partition coefficient (Wildman–Crippen LogP) is 20.3. The summed E-state index contributed by atoms with van der Waals surface area (Å²) in [5.74, 6) is 1.73. The van der Waals surface area contributed by atoms with E-state index in [0.29, 0.717) is 19.3 Å². The molecular weight excluding hydrogens is 841 g/mol. The molecule has 0 aromatic carbocycles. The van der Waals surface area contributed by atoms with Crippen molar-refractivity contribution < 1.29 is 28.6 Å². The summed E-state index contributed by atoms with van der Waals surface area (Å²) in [5, 5.41) is 0. The minimum atomic E-state index is -0.764. The Labute approximate surface area is 425 Å². The summed E-state index contributed by atoms with van der Waals surface area (Å²) in [6.07, 6.45) is 56.6. The number of carbonyl (C=O) groups is 3. The summed E-state index contributed by atoms with van der Waals surface area (Å²) < 4.78 is 16.9. The van der Waals surface area contributed by atoms with Crippen molar-refractivity contribution in [2.24, 2.45) is 17.8 Å². The van der Waals surface area contributed by atoms with Gasteiger partial charge in [0.05, 0.1) is 0 Å². The van der Waals surface area contributed by atoms with Gasteiger partial charge >= 0.3 is 17.9 Å². The first-order valence-electron chi connectivity index (χ1n) is 30.6. The van der Waals surface area contributed by atoms with Gasteiger partial charge in [0.25, 0.3) is 0 Å². The number of unbranched alkanes of at least 4 members (excludes halogenated alkanes) is 37. The molecule has 0 N–H and O–H groups in total. The second-order valence-electron chi connectivity index (χ2n) is 22.5. The van der Waals surface area contributed by atoms with Crippen molar-refractivity contribution in [3.8, 4) is 0 Å². The van der Waals surface area contributed by atoms with Crippen LogP contribution in [0.15, 0.2) is 0 Å². The molecular formula is C62H120O6. The Morgan fingerprint density at radius 1 is 0.294 bits per heavy atom. The van der Waals surface area contributed by atoms with Gasteiger partial charge < -0.3 is 14.2 Å². The average Bonchev–Trinajstić information content (AvgIpc) is 3.31. The van der Waals surface area contributed by atoms with Crippen LogP contribution >= 0.6 is 0 Å². The zero-order valence-electron chi connectivity index (χ0n) is 46.9. The molecule has 68 heavy (non-hydrogen) atoms. The maximum Gasteiger partial charge on any atom is 0.306 e. The van der Waals surface area contributed by atoms with Crippen molar-refractivity contribution >= 4 is 17.9 Å². The fraction of sp³-hybridized carbons (Fsp3) is 0.952. The van der Waals surface area contributed by atoms with E-state index >= 15 is 0 Å². The van der Waals surface area contributed by atoms with Gasteiger partial charge in [-0.3, -0.25) is 14.4 Å². The maximum atomic E-state index is 12.9. The molecule has 0 fully saturated rings. The van der Waals surface area contributed by atoms with Crippen LogP contribution in [-0.4, -0.2) is 37.2 Å². The number of carbonyl (C=O) groups excluding carboxylic acids is 3. The normalized spacial score (nSPS) is 12.5. The second-order valence-corrected chi connectivity index (χ2v) is 22.5. The third-order valence-electron chi connectivity index (χ3n) is 14.5. The van der Waals surface area contributed by atoms with Gasteiger partial charge in [-0.1, -0.05) is 305 Å². The van der Waals surface area contributed by atoms with E-state index in [9.17, 15) is 14.4 Å². The van der Waals surface area contributed by atoms with E-state index in [4.69, 9.17) is 14.2 Å². The largest absolute Gasteiger partial charge is 0.462 e. The number of esters is 3. The molecule has 2 atom stereocenters. The van der Waals surface area contributed by atoms with Crippen molar-refractivity contribution in [1.82, 2.24) is 0 Å². The van der Waals surface area contributed by atoms with E-state index in [1.165, 1.54) is 225 Å². The molecule has 0 radical (unpaired) electrons. The van der Waals surface area contributed by atoms with Gasteiger partial charge in [0.15, 0.2) is 6.10 Å². The first kappa shape index (κ1) is 66.4. The Kier molecular flexibility index (Phi) is 52.0. The fourth-order valence-corrected chi connectivity index (χ4v) is 9.50. The monoisotopic (exact) mass is 961 g/mol. The van der Waals surface area contributed by atoms with Crippen molar-refractivity contribution in [3.05, 3.63) is 0 Å². The van der Waals surface area contributed by atoms with Gasteiger partial charge in [-0.2, -0.15) is 0 Å². The minimum Gasteiger partial charge on any atom is -0.462 e. The first-order chi connectivity index (χ1) is 33.1. The number of hydrogen-bond acceptors (Lipinski definition) is 6. The fourth-order valence-electron chi connectivity index (χ4n) is 9.50. The van der Waals surface area contributed by atoms with E-state index in [-0.39, 0.29) is 31.1 Å². The van der Waals surface area contributed by atoms with Crippen LogP contribution in [0.2, 0.25) is 0 Å². The zero-order valence-corrected chi connectivity index (χ0v) is 46.9. The topological polar surface area (TPSA) is 78.9 Å². The Bertz CT molecular complexity index is 1060. The third kappa shape index (κ3) is 53.8. The van der Waals surface area contributed by atoms with Crippen molar-refractivity contribution in [2.75, 3.05) is 13.2 Å². The molecule has 0 amide bonds. The van der Waals surface area contributed by atoms with Crippen LogP contribution < -0.4 is 0 Å². The standard InChI is InChI=1S/C62H120O6/c1-7-58(6)50-44-38-32-26-20-13-9-11-14-21-27-33-39-45-51-60(63)66-54-59(55-67-61(64)52-46-40-34-28-22-17-16-19-25-31-37-43-49-57(4)5)68-62(65)53-47-41-35-29-23-15-10-8-12-18-24-30-36-42-48-56(2)3/h56-59H,7-55H2,1-6H3/t58?,59-/m0/s1. The lowest BCUT2D eigenvalue weighted by Gasteiger charge is -2.18. The van der Waals surface area contributed by atoms with Crippen molar-refractivity contribution in [2.45, 2.75) is 349 Å². The van der Waals surface area contributed by atoms with Gasteiger partial charge in [0.1, 0.15) is 13.2 Å². The molecule has 0 aromatic rings. The Balaban J connectivity index is 4.30. The van der Waals surface area contributed by atoms with Crippen LogP contribution in [0.25, 0.3) is 0 Å². The number of hydrogen-bond donors (Lipinski definition) is 0. The van der Waals surface area contributed by atoms with E-state index in [2.05, 4.69) is 41.5 Å². The van der Waals surface area contributed by atoms with Gasteiger partial charge in [0.2, 0.25) is 0 Å². The predicted molar refractivity (Wildman–Crippen MR) is 293 cm³/mol. The molecule has 0 aliphatic carbocycles. The van der Waals surface area contributed by atoms with E-state index < -0.39 is 6.10 Å². The lowest BCUT2D eigenvalue weighted by atomic mass is 9.99. The van der Waals surface area contributed by atoms with Crippen LogP contribution in [0.5, 0.6) is 0 Å². The molecule has 0 aliphatic rings. The first-order valence-corrected chi connectivity index (χ1v) is 30.6. The lowest BCUT2D eigenvalue weighted by Crippen LogP contribution is -2.30. The SMILES string of the molecule is CCC(C)CCCCCCCCCCCCCCCCC(=O)OC[C@@H](COC(=O)CCCCCCCCCCCCCCC(C)C)OC(=O)CCCCCCCCCCCCCCCCC(C)C. The highest BCUT2D eigenvalue weighted by Crippen LogP contribution is 2.19. The van der Waals surface area contributed by atoms with Crippen LogP contribution in [0.4, 0.5) is 0 Å². The Morgan fingerprint density at radius 3 is 0.765 bits per heavy atom. The molecule has 0 aliphatic heterocycles. The van der Waals surface area contributed by atoms with E-state index in [1.807, 2.05) is 0 Å². The molecule has 6 nitrogen and oxygen atoms in total. The zero-order chi connectivity index (χ0) is 49.8. The summed E-state index contributed by atoms with van der Waals surface area (Å²) in [7, 11) is 0. The quantitative estimate of drug-likeness (QED) is 0.0343. The molecule has 0 bridgehead atoms. The van der Waals surface area contributed by atoms with E-state index in [0.717, 1.165) is 75.5 Å². The van der Waals surface area contributed by atoms with Crippen LogP contribution in [0.1, 0.15) is 343 Å². The third-order valence-corrected chi connectivity index (χ3v) is 14.5. The van der Waals surface area contributed by atoms with Crippen LogP contribution in [0, 0.1) is 17.8 Å². The molecule has 0 saturated carbocycles. The molecule has 0 aromatic heterocycles. The van der Waals surface area contributed by atoms with Gasteiger partial charge in [-0.25, -0.2) is 0 Å². The molecule has 0 saturated heterocycles. The molecule has 1 unspecified atom stereocenters. The molecule has 0 spiro atoms. The molecule has 404 valence electrons. The number of ether oxygens (including phenoxy) is 3. The summed E-state index contributed by atoms with van der Waals surface area (Å²) >= 11 is 0. The summed E-state index contributed by atoms with van der Waals surface area (Å²) in [6, 6.07) is 0. The highest BCUT2D eigenvalue weighted by molar-refractivity contribution is 5.71. The van der Waals surface area contributed by atoms with Crippen LogP contribution in [-0.2, 0) is 28.6 Å². The lowest BCUT2D eigenvalue weighted by molar-refractivity contribution is -0.167. The summed E-state index contributed by atoms with van der Waals surface area (Å²) in [5.41, 5.74) is 0. The van der Waals surface area contributed by atoms with Crippen LogP contribution in [0.3, 0.4) is 0 Å². The molecule has 6 heteroatoms. The van der Waals surface area contributed by atoms with Gasteiger partial charge in [-0.05, 0) is 37.0 Å². The van der Waals surface area contributed by atoms with Gasteiger partial charge in [0, 0.05) is 19.3 Å². The Hall–Kier alpha value is -1.59. The highest BCUT2D eigenvalue weighted by atomic mass is 16.6. The summed E-state index contributed by atoms with van der Waals surface area (Å²) in [4.78, 5) is 38.2. The average molecular weight is 962 g/mol. The van der Waals surface area contributed by atoms with Crippen molar-refractivity contribution in [1.29, 1.82) is 0 Å². The molecule has 0 heterocycles. The summed E-state index contributed by atoms with van der Waals surface area (Å²) in [6.45, 7) is 13.8.